The van der Waals surface area contributed by atoms with E-state index in [1.807, 2.05) is 26.0 Å². The van der Waals surface area contributed by atoms with E-state index in [9.17, 15) is 15.0 Å². The van der Waals surface area contributed by atoms with Gasteiger partial charge in [0, 0.05) is 46.5 Å². The first-order valence-corrected chi connectivity index (χ1v) is 14.4. The van der Waals surface area contributed by atoms with E-state index in [1.165, 1.54) is 21.1 Å². The number of carbonyl (C=O) groups is 1. The molecule has 2 N–H and O–H groups in total. The topological polar surface area (TPSA) is 122 Å². The average molecular weight is 605 g/mol. The Morgan fingerprint density at radius 2 is 1.30 bits per heavy atom. The monoisotopic (exact) mass is 604 g/mol. The van der Waals surface area contributed by atoms with Gasteiger partial charge >= 0.3 is 5.97 Å². The maximum absolute atomic E-state index is 12.5. The zero-order valence-electron chi connectivity index (χ0n) is 25.8. The largest absolute Gasteiger partial charge is 0.507 e. The molecule has 2 heterocycles. The SMILES string of the molecule is COc1cc(OC)c2c(O)c3c(c(-c4c5c(c(O)c6c(OC)cc(OC)cc46)COC(C)C5OC(C)=O)c2c1)CC(C)OC3. The molecule has 0 saturated heterocycles. The minimum atomic E-state index is -0.858. The molecule has 232 valence electrons. The van der Waals surface area contributed by atoms with Gasteiger partial charge in [-0.15, -0.1) is 0 Å². The van der Waals surface area contributed by atoms with Crippen LogP contribution in [0.25, 0.3) is 32.7 Å². The fraction of sp³-hybridized carbons (Fsp3) is 0.382. The molecule has 44 heavy (non-hydrogen) atoms. The van der Waals surface area contributed by atoms with Crippen molar-refractivity contribution in [1.82, 2.24) is 0 Å². The summed E-state index contributed by atoms with van der Waals surface area (Å²) in [5, 5.41) is 25.8. The lowest BCUT2D eigenvalue weighted by atomic mass is 9.78. The first-order valence-electron chi connectivity index (χ1n) is 14.4. The number of aromatic hydroxyl groups is 2. The van der Waals surface area contributed by atoms with Gasteiger partial charge in [-0.05, 0) is 49.1 Å². The third kappa shape index (κ3) is 4.51. The standard InChI is InChI=1S/C34H36O10/c1-15-8-20-23(13-42-15)32(36)28-21(9-18(38-4)11-25(28)40-6)27(20)30-22-10-19(39-5)12-26(41-7)29(22)33(37)24-14-43-16(2)34(31(24)30)44-17(3)35/h9-12,15-16,34,36-37H,8,13-14H2,1-7H3. The summed E-state index contributed by atoms with van der Waals surface area (Å²) < 4.78 is 41.0. The Bertz CT molecular complexity index is 1810. The number of carbonyl (C=O) groups excluding carboxylic acids is 1. The molecule has 3 atom stereocenters. The van der Waals surface area contributed by atoms with Gasteiger partial charge in [0.25, 0.3) is 0 Å². The highest BCUT2D eigenvalue weighted by Crippen LogP contribution is 2.56. The summed E-state index contributed by atoms with van der Waals surface area (Å²) in [4.78, 5) is 12.5. The number of phenolic OH excluding ortho intramolecular Hbond substituents is 2. The molecule has 4 aromatic rings. The van der Waals surface area contributed by atoms with E-state index in [0.29, 0.717) is 73.2 Å². The molecule has 0 aromatic heterocycles. The van der Waals surface area contributed by atoms with Gasteiger partial charge in [0.05, 0.1) is 64.6 Å². The molecular weight excluding hydrogens is 568 g/mol. The number of hydrogen-bond donors (Lipinski definition) is 2. The lowest BCUT2D eigenvalue weighted by molar-refractivity contribution is -0.157. The van der Waals surface area contributed by atoms with E-state index in [0.717, 1.165) is 11.1 Å². The first kappa shape index (κ1) is 29.7. The number of phenols is 2. The second-order valence-electron chi connectivity index (χ2n) is 11.2. The Labute approximate surface area is 254 Å². The van der Waals surface area contributed by atoms with Crippen LogP contribution in [0.15, 0.2) is 24.3 Å². The van der Waals surface area contributed by atoms with Crippen molar-refractivity contribution in [3.8, 4) is 45.6 Å². The molecule has 0 amide bonds. The molecule has 10 nitrogen and oxygen atoms in total. The highest BCUT2D eigenvalue weighted by atomic mass is 16.6. The van der Waals surface area contributed by atoms with Crippen LogP contribution in [0.4, 0.5) is 0 Å². The lowest BCUT2D eigenvalue weighted by Crippen LogP contribution is -2.30. The summed E-state index contributed by atoms with van der Waals surface area (Å²) >= 11 is 0. The molecule has 0 bridgehead atoms. The molecule has 0 fully saturated rings. The molecule has 3 unspecified atom stereocenters. The summed E-state index contributed by atoms with van der Waals surface area (Å²) in [6, 6.07) is 7.13. The van der Waals surface area contributed by atoms with Crippen LogP contribution in [0.5, 0.6) is 34.5 Å². The van der Waals surface area contributed by atoms with Gasteiger partial charge < -0.3 is 43.4 Å². The van der Waals surface area contributed by atoms with E-state index in [4.69, 9.17) is 33.2 Å². The fourth-order valence-electron chi connectivity index (χ4n) is 6.64. The lowest BCUT2D eigenvalue weighted by Gasteiger charge is -2.36. The first-order chi connectivity index (χ1) is 21.1. The Balaban J connectivity index is 1.93. The van der Waals surface area contributed by atoms with Crippen molar-refractivity contribution in [3.05, 3.63) is 46.5 Å². The number of fused-ring (bicyclic) bond motifs is 4. The van der Waals surface area contributed by atoms with Crippen LogP contribution < -0.4 is 18.9 Å². The predicted octanol–water partition coefficient (Wildman–Crippen LogP) is 6.09. The van der Waals surface area contributed by atoms with Crippen molar-refractivity contribution in [2.24, 2.45) is 0 Å². The number of hydrogen-bond acceptors (Lipinski definition) is 10. The Kier molecular flexibility index (Phi) is 7.59. The fourth-order valence-corrected chi connectivity index (χ4v) is 6.64. The zero-order valence-corrected chi connectivity index (χ0v) is 25.8. The summed E-state index contributed by atoms with van der Waals surface area (Å²) in [6.07, 6.45) is -1.06. The van der Waals surface area contributed by atoms with Gasteiger partial charge in [-0.2, -0.15) is 0 Å². The number of methoxy groups -OCH3 is 4. The van der Waals surface area contributed by atoms with Crippen LogP contribution in [0, 0.1) is 0 Å². The number of ether oxygens (including phenoxy) is 7. The van der Waals surface area contributed by atoms with Crippen LogP contribution in [-0.4, -0.2) is 56.8 Å². The summed E-state index contributed by atoms with van der Waals surface area (Å²) in [5.74, 6) is 1.37. The van der Waals surface area contributed by atoms with Gasteiger partial charge in [-0.1, -0.05) is 0 Å². The summed E-state index contributed by atoms with van der Waals surface area (Å²) in [6.45, 7) is 5.41. The van der Waals surface area contributed by atoms with Crippen molar-refractivity contribution < 1.29 is 48.2 Å². The number of esters is 1. The number of rotatable bonds is 6. The Morgan fingerprint density at radius 3 is 1.84 bits per heavy atom. The third-order valence-corrected chi connectivity index (χ3v) is 8.66. The Hall–Kier alpha value is -4.41. The normalized spacial score (nSPS) is 19.3. The smallest absolute Gasteiger partial charge is 0.303 e. The molecule has 2 aliphatic heterocycles. The van der Waals surface area contributed by atoms with Crippen molar-refractivity contribution in [1.29, 1.82) is 0 Å². The van der Waals surface area contributed by atoms with E-state index >= 15 is 0 Å². The van der Waals surface area contributed by atoms with Crippen molar-refractivity contribution in [2.75, 3.05) is 28.4 Å². The third-order valence-electron chi connectivity index (χ3n) is 8.66. The molecule has 4 aromatic carbocycles. The highest BCUT2D eigenvalue weighted by Gasteiger charge is 2.39. The maximum atomic E-state index is 12.5. The highest BCUT2D eigenvalue weighted by molar-refractivity contribution is 6.15. The van der Waals surface area contributed by atoms with Crippen LogP contribution in [0.3, 0.4) is 0 Å². The van der Waals surface area contributed by atoms with Gasteiger partial charge in [0.1, 0.15) is 34.5 Å². The average Bonchev–Trinajstić information content (AvgIpc) is 3.01. The van der Waals surface area contributed by atoms with Crippen LogP contribution in [0.1, 0.15) is 49.1 Å². The second kappa shape index (κ2) is 11.3. The molecule has 0 radical (unpaired) electrons. The molecule has 0 saturated carbocycles. The summed E-state index contributed by atoms with van der Waals surface area (Å²) in [7, 11) is 6.19. The van der Waals surface area contributed by atoms with E-state index in [-0.39, 0.29) is 30.8 Å². The second-order valence-corrected chi connectivity index (χ2v) is 11.2. The van der Waals surface area contributed by atoms with E-state index in [1.54, 1.807) is 26.4 Å². The van der Waals surface area contributed by atoms with Crippen molar-refractivity contribution in [2.45, 2.75) is 58.7 Å². The van der Waals surface area contributed by atoms with Gasteiger partial charge in [0.2, 0.25) is 0 Å². The van der Waals surface area contributed by atoms with Gasteiger partial charge in [-0.3, -0.25) is 4.79 Å². The van der Waals surface area contributed by atoms with Crippen LogP contribution >= 0.6 is 0 Å². The molecule has 0 spiro atoms. The quantitative estimate of drug-likeness (QED) is 0.250. The minimum Gasteiger partial charge on any atom is -0.507 e. The van der Waals surface area contributed by atoms with Crippen molar-refractivity contribution >= 4 is 27.5 Å². The maximum Gasteiger partial charge on any atom is 0.303 e. The molecular formula is C34H36O10. The van der Waals surface area contributed by atoms with Crippen LogP contribution in [0.2, 0.25) is 0 Å². The minimum absolute atomic E-state index is 0.0360. The molecule has 10 heteroatoms. The van der Waals surface area contributed by atoms with E-state index < -0.39 is 18.2 Å². The summed E-state index contributed by atoms with van der Waals surface area (Å²) in [5.41, 5.74) is 4.03. The molecule has 2 aliphatic rings. The molecule has 6 rings (SSSR count). The van der Waals surface area contributed by atoms with Crippen molar-refractivity contribution in [3.63, 3.8) is 0 Å². The zero-order chi connectivity index (χ0) is 31.4. The van der Waals surface area contributed by atoms with Gasteiger partial charge in [0.15, 0.2) is 6.10 Å². The Morgan fingerprint density at radius 1 is 0.750 bits per heavy atom. The number of benzene rings is 4. The van der Waals surface area contributed by atoms with Gasteiger partial charge in [-0.25, -0.2) is 0 Å². The van der Waals surface area contributed by atoms with E-state index in [2.05, 4.69) is 0 Å². The van der Waals surface area contributed by atoms with Crippen LogP contribution in [-0.2, 0) is 38.6 Å². The molecule has 0 aliphatic carbocycles. The predicted molar refractivity (Wildman–Crippen MR) is 163 cm³/mol.